The summed E-state index contributed by atoms with van der Waals surface area (Å²) in [6.07, 6.45) is 1.16. The number of carbonyl (C=O) groups is 1. The lowest BCUT2D eigenvalue weighted by molar-refractivity contribution is -0.764. The van der Waals surface area contributed by atoms with Gasteiger partial charge in [0.15, 0.2) is 5.76 Å². The molecule has 132 valence electrons. The SMILES string of the molecule is CSc1n[n+]2c(c(=O)[nH]1)-c1ccccc1N(C(C)=O)C2c1ccc(C)o1. The topological polar surface area (TPSA) is 83.1 Å². The number of furan rings is 1. The zero-order chi connectivity index (χ0) is 18.4. The van der Waals surface area contributed by atoms with Crippen LogP contribution in [0.25, 0.3) is 11.3 Å². The van der Waals surface area contributed by atoms with Crippen LogP contribution in [0.3, 0.4) is 0 Å². The third-order valence-corrected chi connectivity index (χ3v) is 4.88. The minimum atomic E-state index is -0.667. The number of benzene rings is 1. The highest BCUT2D eigenvalue weighted by Gasteiger charge is 2.46. The van der Waals surface area contributed by atoms with Crippen LogP contribution in [0.4, 0.5) is 5.69 Å². The molecular weight excluding hydrogens is 352 g/mol. The lowest BCUT2D eigenvalue weighted by atomic mass is 10.0. The van der Waals surface area contributed by atoms with Crippen molar-refractivity contribution in [1.82, 2.24) is 10.1 Å². The number of aryl methyl sites for hydroxylation is 1. The van der Waals surface area contributed by atoms with Crippen molar-refractivity contribution in [2.24, 2.45) is 0 Å². The van der Waals surface area contributed by atoms with E-state index >= 15 is 0 Å². The summed E-state index contributed by atoms with van der Waals surface area (Å²) >= 11 is 1.33. The van der Waals surface area contributed by atoms with E-state index in [0.717, 1.165) is 5.76 Å². The smallest absolute Gasteiger partial charge is 0.325 e. The number of hydrogen-bond donors (Lipinski definition) is 1. The molecule has 7 nitrogen and oxygen atoms in total. The Morgan fingerprint density at radius 3 is 2.73 bits per heavy atom. The molecular formula is C18H17N4O3S+. The Bertz CT molecular complexity index is 1070. The average molecular weight is 369 g/mol. The van der Waals surface area contributed by atoms with Gasteiger partial charge in [0.1, 0.15) is 5.76 Å². The summed E-state index contributed by atoms with van der Waals surface area (Å²) in [4.78, 5) is 29.8. The molecule has 3 heterocycles. The summed E-state index contributed by atoms with van der Waals surface area (Å²) < 4.78 is 7.39. The first-order chi connectivity index (χ1) is 12.5. The van der Waals surface area contributed by atoms with Gasteiger partial charge >= 0.3 is 17.4 Å². The summed E-state index contributed by atoms with van der Waals surface area (Å²) in [7, 11) is 0. The molecule has 8 heteroatoms. The fourth-order valence-electron chi connectivity index (χ4n) is 3.25. The average Bonchev–Trinajstić information content (AvgIpc) is 3.05. The van der Waals surface area contributed by atoms with Crippen LogP contribution < -0.4 is 15.1 Å². The number of thioether (sulfide) groups is 1. The number of hydrogen-bond acceptors (Lipinski definition) is 5. The third kappa shape index (κ3) is 2.45. The Morgan fingerprint density at radius 2 is 2.08 bits per heavy atom. The second-order valence-electron chi connectivity index (χ2n) is 5.98. The minimum absolute atomic E-state index is 0.164. The van der Waals surface area contributed by atoms with Crippen molar-refractivity contribution in [2.75, 3.05) is 11.2 Å². The number of amides is 1. The Hall–Kier alpha value is -2.87. The molecule has 26 heavy (non-hydrogen) atoms. The van der Waals surface area contributed by atoms with Gasteiger partial charge in [0.05, 0.1) is 11.3 Å². The van der Waals surface area contributed by atoms with Gasteiger partial charge in [0.2, 0.25) is 11.1 Å². The summed E-state index contributed by atoms with van der Waals surface area (Å²) in [5.74, 6) is 1.10. The van der Waals surface area contributed by atoms with Crippen molar-refractivity contribution >= 4 is 23.4 Å². The number of para-hydroxylation sites is 1. The van der Waals surface area contributed by atoms with Crippen LogP contribution in [-0.2, 0) is 4.79 Å². The standard InChI is InChI=1S/C18H16N4O3S/c1-10-8-9-14(25-10)17-21(11(2)23)13-7-5-4-6-12(13)15-16(24)19-18(26-3)20-22(15)17/h4-9,17H,1-3H3/p+1. The molecule has 1 N–H and O–H groups in total. The Labute approximate surface area is 153 Å². The predicted molar refractivity (Wildman–Crippen MR) is 97.0 cm³/mol. The van der Waals surface area contributed by atoms with Gasteiger partial charge in [-0.1, -0.05) is 23.9 Å². The number of fused-ring (bicyclic) bond motifs is 3. The molecule has 1 aliphatic heterocycles. The van der Waals surface area contributed by atoms with Crippen molar-refractivity contribution in [2.45, 2.75) is 25.2 Å². The lowest BCUT2D eigenvalue weighted by Gasteiger charge is -2.29. The van der Waals surface area contributed by atoms with Crippen LogP contribution in [0.2, 0.25) is 0 Å². The molecule has 0 radical (unpaired) electrons. The molecule has 1 amide bonds. The highest BCUT2D eigenvalue weighted by molar-refractivity contribution is 7.98. The van der Waals surface area contributed by atoms with Gasteiger partial charge in [-0.3, -0.25) is 14.6 Å². The van der Waals surface area contributed by atoms with E-state index in [-0.39, 0.29) is 11.5 Å². The number of nitrogens with one attached hydrogen (secondary N) is 1. The van der Waals surface area contributed by atoms with E-state index in [0.29, 0.717) is 27.9 Å². The Kier molecular flexibility index (Phi) is 3.91. The van der Waals surface area contributed by atoms with Gasteiger partial charge in [-0.25, -0.2) is 4.90 Å². The molecule has 1 atom stereocenters. The second-order valence-corrected chi connectivity index (χ2v) is 6.78. The molecule has 1 aromatic carbocycles. The summed E-state index contributed by atoms with van der Waals surface area (Å²) in [5, 5.41) is 5.03. The highest BCUT2D eigenvalue weighted by Crippen LogP contribution is 2.37. The number of aromatic nitrogens is 3. The van der Waals surface area contributed by atoms with Gasteiger partial charge in [0.25, 0.3) is 0 Å². The molecule has 0 spiro atoms. The summed E-state index contributed by atoms with van der Waals surface area (Å²) in [6, 6.07) is 11.0. The molecule has 4 rings (SSSR count). The van der Waals surface area contributed by atoms with Crippen LogP contribution in [0.15, 0.2) is 50.8 Å². The molecule has 0 bridgehead atoms. The van der Waals surface area contributed by atoms with Crippen molar-refractivity contribution in [3.05, 3.63) is 58.3 Å². The second kappa shape index (κ2) is 6.14. The van der Waals surface area contributed by atoms with Crippen LogP contribution in [-0.4, -0.2) is 22.2 Å². The van der Waals surface area contributed by atoms with Gasteiger partial charge in [-0.05, 0) is 42.1 Å². The molecule has 1 unspecified atom stereocenters. The fourth-order valence-corrected chi connectivity index (χ4v) is 3.62. The van der Waals surface area contributed by atoms with Crippen LogP contribution >= 0.6 is 11.8 Å². The van der Waals surface area contributed by atoms with Crippen molar-refractivity contribution < 1.29 is 13.9 Å². The molecule has 0 saturated heterocycles. The first-order valence-electron chi connectivity index (χ1n) is 8.07. The summed E-state index contributed by atoms with van der Waals surface area (Å²) in [6.45, 7) is 3.33. The molecule has 0 fully saturated rings. The van der Waals surface area contributed by atoms with E-state index in [4.69, 9.17) is 4.42 Å². The largest absolute Gasteiger partial charge is 0.457 e. The van der Waals surface area contributed by atoms with E-state index in [1.165, 1.54) is 18.7 Å². The van der Waals surface area contributed by atoms with Gasteiger partial charge < -0.3 is 4.42 Å². The first kappa shape index (κ1) is 16.6. The Morgan fingerprint density at radius 1 is 1.31 bits per heavy atom. The van der Waals surface area contributed by atoms with Gasteiger partial charge in [-0.15, -0.1) is 0 Å². The minimum Gasteiger partial charge on any atom is -0.457 e. The van der Waals surface area contributed by atoms with Crippen LogP contribution in [0.1, 0.15) is 24.6 Å². The van der Waals surface area contributed by atoms with Crippen molar-refractivity contribution in [1.29, 1.82) is 0 Å². The van der Waals surface area contributed by atoms with Crippen LogP contribution in [0, 0.1) is 6.92 Å². The normalized spacial score (nSPS) is 15.5. The number of anilines is 1. The monoisotopic (exact) mass is 369 g/mol. The van der Waals surface area contributed by atoms with E-state index in [9.17, 15) is 9.59 Å². The van der Waals surface area contributed by atoms with Gasteiger partial charge in [-0.2, -0.15) is 0 Å². The maximum absolute atomic E-state index is 12.8. The zero-order valence-corrected chi connectivity index (χ0v) is 15.3. The number of H-pyrrole nitrogens is 1. The molecule has 0 saturated carbocycles. The molecule has 1 aliphatic rings. The first-order valence-corrected chi connectivity index (χ1v) is 9.29. The zero-order valence-electron chi connectivity index (χ0n) is 14.5. The van der Waals surface area contributed by atoms with E-state index < -0.39 is 6.17 Å². The maximum Gasteiger partial charge on any atom is 0.325 e. The molecule has 0 aliphatic carbocycles. The van der Waals surface area contributed by atoms with E-state index in [1.54, 1.807) is 9.58 Å². The number of nitrogens with zero attached hydrogens (tertiary/aromatic N) is 3. The molecule has 2 aromatic heterocycles. The van der Waals surface area contributed by atoms with Crippen molar-refractivity contribution in [3.63, 3.8) is 0 Å². The van der Waals surface area contributed by atoms with E-state index in [2.05, 4.69) is 10.1 Å². The molecule has 3 aromatic rings. The van der Waals surface area contributed by atoms with Crippen molar-refractivity contribution in [3.8, 4) is 11.3 Å². The Balaban J connectivity index is 2.10. The number of rotatable bonds is 2. The fraction of sp³-hybridized carbons (Fsp3) is 0.222. The van der Waals surface area contributed by atoms with E-state index in [1.807, 2.05) is 49.6 Å². The third-order valence-electron chi connectivity index (χ3n) is 4.31. The highest BCUT2D eigenvalue weighted by atomic mass is 32.2. The lowest BCUT2D eigenvalue weighted by Crippen LogP contribution is -2.60. The van der Waals surface area contributed by atoms with Gasteiger partial charge in [0, 0.05) is 12.0 Å². The maximum atomic E-state index is 12.8. The number of aromatic amines is 1. The summed E-state index contributed by atoms with van der Waals surface area (Å²) in [5.41, 5.74) is 1.45. The quantitative estimate of drug-likeness (QED) is 0.553. The van der Waals surface area contributed by atoms with Crippen LogP contribution in [0.5, 0.6) is 0 Å². The number of carbonyl (C=O) groups excluding carboxylic acids is 1. The predicted octanol–water partition coefficient (Wildman–Crippen LogP) is 2.26.